The molecule has 0 bridgehead atoms. The number of β-amino-alcohol motifs (C(OH)–C–C–N with tert-alkyl or cyclic N) is 1. The Hall–Kier alpha value is -3.78. The number of carbonyl (C=O) groups excluding carboxylic acids is 1. The van der Waals surface area contributed by atoms with Crippen LogP contribution in [0.25, 0.3) is 16.5 Å². The molecule has 1 amide bonds. The highest BCUT2D eigenvalue weighted by Crippen LogP contribution is 2.26. The molecule has 1 saturated heterocycles. The molecule has 7 nitrogen and oxygen atoms in total. The van der Waals surface area contributed by atoms with Crippen molar-refractivity contribution in [1.29, 1.82) is 0 Å². The summed E-state index contributed by atoms with van der Waals surface area (Å²) in [6, 6.07) is 26.9. The second-order valence-electron chi connectivity index (χ2n) is 10.0. The topological polar surface area (TPSA) is 77.8 Å². The molecule has 0 radical (unpaired) electrons. The molecule has 0 unspecified atom stereocenters. The van der Waals surface area contributed by atoms with Gasteiger partial charge in [0.15, 0.2) is 0 Å². The summed E-state index contributed by atoms with van der Waals surface area (Å²) in [4.78, 5) is 32.7. The number of carbonyl (C=O) groups is 1. The zero-order valence-electron chi connectivity index (χ0n) is 22.4. The molecule has 0 aliphatic carbocycles. The van der Waals surface area contributed by atoms with Gasteiger partial charge in [-0.2, -0.15) is 0 Å². The van der Waals surface area contributed by atoms with Crippen LogP contribution in [-0.4, -0.2) is 64.7 Å². The van der Waals surface area contributed by atoms with Gasteiger partial charge in [0.05, 0.1) is 23.9 Å². The molecule has 0 spiro atoms. The molecule has 1 aliphatic rings. The Bertz CT molecular complexity index is 1460. The largest absolute Gasteiger partial charge is 0.395 e. The number of pyridine rings is 1. The van der Waals surface area contributed by atoms with Crippen LogP contribution in [0.1, 0.15) is 41.0 Å². The standard InChI is InChI=1S/C32H36N4O3/c1-2-28(24-11-5-3-6-12-24)33-31(38)30-26-15-9-10-16-27(26)32(39)36(25-13-7-4-8-14-25)29(30)23-35-19-17-34(18-20-35)21-22-37/h3-16,28,37H,2,17-23H2,1H3,(H,33,38)/t28-/m0/s1. The Kier molecular flexibility index (Phi) is 8.51. The molecule has 2 heterocycles. The Balaban J connectivity index is 1.63. The summed E-state index contributed by atoms with van der Waals surface area (Å²) in [6.45, 7) is 6.57. The fourth-order valence-electron chi connectivity index (χ4n) is 5.51. The molecular formula is C32H36N4O3. The van der Waals surface area contributed by atoms with Crippen LogP contribution in [0, 0.1) is 0 Å². The zero-order valence-corrected chi connectivity index (χ0v) is 22.4. The molecule has 202 valence electrons. The Morgan fingerprint density at radius 3 is 2.08 bits per heavy atom. The van der Waals surface area contributed by atoms with Crippen molar-refractivity contribution in [3.8, 4) is 5.69 Å². The predicted octanol–water partition coefficient (Wildman–Crippen LogP) is 3.98. The van der Waals surface area contributed by atoms with Crippen molar-refractivity contribution in [3.63, 3.8) is 0 Å². The number of para-hydroxylation sites is 1. The number of aliphatic hydroxyl groups is 1. The number of amides is 1. The van der Waals surface area contributed by atoms with Crippen molar-refractivity contribution < 1.29 is 9.90 Å². The van der Waals surface area contributed by atoms with Gasteiger partial charge in [-0.3, -0.25) is 24.0 Å². The number of benzene rings is 3. The van der Waals surface area contributed by atoms with Crippen molar-refractivity contribution >= 4 is 16.7 Å². The molecule has 4 aromatic rings. The molecule has 1 fully saturated rings. The number of nitrogens with one attached hydrogen (secondary N) is 1. The van der Waals surface area contributed by atoms with Gasteiger partial charge in [-0.1, -0.05) is 73.7 Å². The van der Waals surface area contributed by atoms with Crippen LogP contribution in [0.5, 0.6) is 0 Å². The lowest BCUT2D eigenvalue weighted by Gasteiger charge is -2.35. The molecule has 1 aliphatic heterocycles. The van der Waals surface area contributed by atoms with Gasteiger partial charge in [0.2, 0.25) is 0 Å². The van der Waals surface area contributed by atoms with Crippen LogP contribution in [0.15, 0.2) is 89.7 Å². The van der Waals surface area contributed by atoms with E-state index in [1.165, 1.54) is 0 Å². The van der Waals surface area contributed by atoms with Gasteiger partial charge in [0.1, 0.15) is 0 Å². The first-order valence-corrected chi connectivity index (χ1v) is 13.7. The number of aromatic nitrogens is 1. The van der Waals surface area contributed by atoms with Crippen LogP contribution in [0.3, 0.4) is 0 Å². The third kappa shape index (κ3) is 5.81. The first-order valence-electron chi connectivity index (χ1n) is 13.7. The number of nitrogens with zero attached hydrogens (tertiary/aromatic N) is 3. The second-order valence-corrected chi connectivity index (χ2v) is 10.0. The molecule has 5 rings (SSSR count). The average molecular weight is 525 g/mol. The van der Waals surface area contributed by atoms with Crippen LogP contribution in [-0.2, 0) is 6.54 Å². The zero-order chi connectivity index (χ0) is 27.2. The smallest absolute Gasteiger partial charge is 0.263 e. The summed E-state index contributed by atoms with van der Waals surface area (Å²) in [5, 5.41) is 13.8. The molecule has 0 saturated carbocycles. The minimum Gasteiger partial charge on any atom is -0.395 e. The number of aliphatic hydroxyl groups excluding tert-OH is 1. The van der Waals surface area contributed by atoms with Gasteiger partial charge in [-0.15, -0.1) is 0 Å². The van der Waals surface area contributed by atoms with Gasteiger partial charge in [-0.25, -0.2) is 0 Å². The highest BCUT2D eigenvalue weighted by atomic mass is 16.3. The van der Waals surface area contributed by atoms with Crippen molar-refractivity contribution in [1.82, 2.24) is 19.7 Å². The molecule has 2 N–H and O–H groups in total. The maximum absolute atomic E-state index is 14.2. The molecule has 1 aromatic heterocycles. The predicted molar refractivity (Wildman–Crippen MR) is 155 cm³/mol. The Morgan fingerprint density at radius 1 is 0.846 bits per heavy atom. The summed E-state index contributed by atoms with van der Waals surface area (Å²) < 4.78 is 1.72. The molecule has 39 heavy (non-hydrogen) atoms. The van der Waals surface area contributed by atoms with E-state index >= 15 is 0 Å². The lowest BCUT2D eigenvalue weighted by molar-refractivity contribution is 0.0926. The third-order valence-electron chi connectivity index (χ3n) is 7.60. The van der Waals surface area contributed by atoms with Crippen LogP contribution in [0.2, 0.25) is 0 Å². The highest BCUT2D eigenvalue weighted by molar-refractivity contribution is 6.08. The van der Waals surface area contributed by atoms with E-state index in [9.17, 15) is 14.7 Å². The number of fused-ring (bicyclic) bond motifs is 1. The number of hydrogen-bond donors (Lipinski definition) is 2. The molecule has 3 aromatic carbocycles. The van der Waals surface area contributed by atoms with Gasteiger partial charge >= 0.3 is 0 Å². The van der Waals surface area contributed by atoms with Gasteiger partial charge < -0.3 is 10.4 Å². The van der Waals surface area contributed by atoms with E-state index in [1.54, 1.807) is 10.6 Å². The molecule has 1 atom stereocenters. The minimum atomic E-state index is -0.180. The third-order valence-corrected chi connectivity index (χ3v) is 7.60. The Morgan fingerprint density at radius 2 is 1.44 bits per heavy atom. The van der Waals surface area contributed by atoms with Crippen LogP contribution >= 0.6 is 0 Å². The van der Waals surface area contributed by atoms with Crippen LogP contribution < -0.4 is 10.9 Å². The lowest BCUT2D eigenvalue weighted by Crippen LogP contribution is -2.47. The van der Waals surface area contributed by atoms with Gasteiger partial charge in [0.25, 0.3) is 11.5 Å². The SMILES string of the molecule is CC[C@H](NC(=O)c1c(CN2CCN(CCO)CC2)n(-c2ccccc2)c(=O)c2ccccc12)c1ccccc1. The average Bonchev–Trinajstić information content (AvgIpc) is 2.98. The highest BCUT2D eigenvalue weighted by Gasteiger charge is 2.27. The quantitative estimate of drug-likeness (QED) is 0.346. The minimum absolute atomic E-state index is 0.127. The summed E-state index contributed by atoms with van der Waals surface area (Å²) in [6.07, 6.45) is 0.744. The lowest BCUT2D eigenvalue weighted by atomic mass is 9.99. The van der Waals surface area contributed by atoms with E-state index in [-0.39, 0.29) is 24.1 Å². The summed E-state index contributed by atoms with van der Waals surface area (Å²) in [7, 11) is 0. The van der Waals surface area contributed by atoms with Crippen LogP contribution in [0.4, 0.5) is 0 Å². The van der Waals surface area contributed by atoms with Crippen molar-refractivity contribution in [3.05, 3.63) is 112 Å². The number of hydrogen-bond acceptors (Lipinski definition) is 5. The van der Waals surface area contributed by atoms with Crippen molar-refractivity contribution in [2.45, 2.75) is 25.9 Å². The number of rotatable bonds is 9. The van der Waals surface area contributed by atoms with E-state index in [4.69, 9.17) is 0 Å². The van der Waals surface area contributed by atoms with E-state index in [2.05, 4.69) is 22.0 Å². The van der Waals surface area contributed by atoms with Gasteiger partial charge in [0, 0.05) is 55.7 Å². The van der Waals surface area contributed by atoms with Crippen molar-refractivity contribution in [2.75, 3.05) is 39.3 Å². The first-order chi connectivity index (χ1) is 19.1. The van der Waals surface area contributed by atoms with Gasteiger partial charge in [-0.05, 0) is 30.2 Å². The molecule has 7 heteroatoms. The summed E-state index contributed by atoms with van der Waals surface area (Å²) in [5.74, 6) is -0.180. The second kappa shape index (κ2) is 12.4. The van der Waals surface area contributed by atoms with E-state index < -0.39 is 0 Å². The fraction of sp³-hybridized carbons (Fsp3) is 0.312. The van der Waals surface area contributed by atoms with E-state index in [0.717, 1.165) is 43.9 Å². The summed E-state index contributed by atoms with van der Waals surface area (Å²) in [5.41, 5.74) is 2.90. The Labute approximate surface area is 229 Å². The van der Waals surface area contributed by atoms with E-state index in [1.807, 2.05) is 78.9 Å². The molecular weight excluding hydrogens is 488 g/mol. The maximum atomic E-state index is 14.2. The first kappa shape index (κ1) is 26.8. The van der Waals surface area contributed by atoms with E-state index in [0.29, 0.717) is 35.1 Å². The maximum Gasteiger partial charge on any atom is 0.263 e. The fourth-order valence-corrected chi connectivity index (χ4v) is 5.51. The normalized spacial score (nSPS) is 15.3. The summed E-state index contributed by atoms with van der Waals surface area (Å²) >= 11 is 0. The monoisotopic (exact) mass is 524 g/mol. The van der Waals surface area contributed by atoms with Crippen molar-refractivity contribution in [2.24, 2.45) is 0 Å². The number of piperazine rings is 1.